The minimum atomic E-state index is -0.0299. The van der Waals surface area contributed by atoms with Gasteiger partial charge in [0.1, 0.15) is 5.69 Å². The summed E-state index contributed by atoms with van der Waals surface area (Å²) in [4.78, 5) is 18.2. The van der Waals surface area contributed by atoms with Gasteiger partial charge < -0.3 is 19.9 Å². The average Bonchev–Trinajstić information content (AvgIpc) is 2.87. The molecule has 0 atom stereocenters. The summed E-state index contributed by atoms with van der Waals surface area (Å²) in [5.41, 5.74) is 5.95. The molecule has 0 aromatic carbocycles. The van der Waals surface area contributed by atoms with Gasteiger partial charge >= 0.3 is 0 Å². The first-order valence-electron chi connectivity index (χ1n) is 6.29. The van der Waals surface area contributed by atoms with Gasteiger partial charge in [-0.3, -0.25) is 4.79 Å². The zero-order chi connectivity index (χ0) is 13.0. The molecule has 0 spiro atoms. The summed E-state index contributed by atoms with van der Waals surface area (Å²) in [6.07, 6.45) is 5.19. The van der Waals surface area contributed by atoms with Crippen LogP contribution < -0.4 is 5.73 Å². The van der Waals surface area contributed by atoms with E-state index in [1.165, 1.54) is 0 Å². The molecule has 2 rings (SSSR count). The number of imidazole rings is 1. The zero-order valence-corrected chi connectivity index (χ0v) is 10.7. The number of nitrogens with zero attached hydrogens (tertiary/aromatic N) is 3. The summed E-state index contributed by atoms with van der Waals surface area (Å²) < 4.78 is 7.14. The van der Waals surface area contributed by atoms with E-state index in [9.17, 15) is 4.79 Å². The Labute approximate surface area is 107 Å². The third-order valence-electron chi connectivity index (χ3n) is 3.30. The topological polar surface area (TPSA) is 73.4 Å². The maximum Gasteiger partial charge on any atom is 0.274 e. The van der Waals surface area contributed by atoms with Gasteiger partial charge in [0.25, 0.3) is 5.91 Å². The highest BCUT2D eigenvalue weighted by Gasteiger charge is 2.24. The number of rotatable bonds is 4. The molecular weight excluding hydrogens is 232 g/mol. The van der Waals surface area contributed by atoms with Gasteiger partial charge in [-0.05, 0) is 12.8 Å². The third-order valence-corrected chi connectivity index (χ3v) is 3.30. The lowest BCUT2D eigenvalue weighted by molar-refractivity contribution is 0.0359. The smallest absolute Gasteiger partial charge is 0.274 e. The monoisotopic (exact) mass is 252 g/mol. The summed E-state index contributed by atoms with van der Waals surface area (Å²) >= 11 is 0. The molecule has 100 valence electrons. The molecule has 1 saturated heterocycles. The van der Waals surface area contributed by atoms with Crippen LogP contribution in [0.25, 0.3) is 0 Å². The number of amides is 1. The van der Waals surface area contributed by atoms with Gasteiger partial charge in [-0.25, -0.2) is 4.98 Å². The Morgan fingerprint density at radius 2 is 2.33 bits per heavy atom. The van der Waals surface area contributed by atoms with Crippen LogP contribution >= 0.6 is 0 Å². The first-order valence-corrected chi connectivity index (χ1v) is 6.29. The Bertz CT molecular complexity index is 399. The number of hydrogen-bond acceptors (Lipinski definition) is 4. The fraction of sp³-hybridized carbons (Fsp3) is 0.667. The fourth-order valence-corrected chi connectivity index (χ4v) is 2.16. The normalized spacial score (nSPS) is 16.8. The molecule has 1 aliphatic rings. The van der Waals surface area contributed by atoms with Crippen LogP contribution in [0, 0.1) is 0 Å². The van der Waals surface area contributed by atoms with Crippen molar-refractivity contribution in [2.24, 2.45) is 5.73 Å². The molecule has 6 nitrogen and oxygen atoms in total. The number of carbonyl (C=O) groups is 1. The number of nitrogens with two attached hydrogens (primary N) is 1. The Hall–Kier alpha value is -1.40. The summed E-state index contributed by atoms with van der Waals surface area (Å²) in [5, 5.41) is 0. The molecule has 0 saturated carbocycles. The van der Waals surface area contributed by atoms with E-state index >= 15 is 0 Å². The molecule has 2 heterocycles. The number of carbonyl (C=O) groups excluding carboxylic acids is 1. The van der Waals surface area contributed by atoms with Crippen molar-refractivity contribution in [1.29, 1.82) is 0 Å². The quantitative estimate of drug-likeness (QED) is 0.824. The van der Waals surface area contributed by atoms with E-state index in [2.05, 4.69) is 4.98 Å². The third kappa shape index (κ3) is 2.88. The van der Waals surface area contributed by atoms with Crippen molar-refractivity contribution >= 4 is 5.91 Å². The first kappa shape index (κ1) is 13.0. The van der Waals surface area contributed by atoms with Crippen LogP contribution in [0.5, 0.6) is 0 Å². The molecule has 1 aromatic heterocycles. The molecule has 2 N–H and O–H groups in total. The molecule has 6 heteroatoms. The first-order chi connectivity index (χ1) is 8.72. The van der Waals surface area contributed by atoms with E-state index in [-0.39, 0.29) is 11.9 Å². The Morgan fingerprint density at radius 3 is 3.00 bits per heavy atom. The SMILES string of the molecule is CN(C(=O)c1cn(CCN)cn1)C1CCOCC1. The summed E-state index contributed by atoms with van der Waals surface area (Å²) in [6.45, 7) is 2.68. The van der Waals surface area contributed by atoms with Crippen molar-refractivity contribution in [2.75, 3.05) is 26.8 Å². The Balaban J connectivity index is 2.00. The van der Waals surface area contributed by atoms with Crippen LogP contribution in [-0.2, 0) is 11.3 Å². The van der Waals surface area contributed by atoms with Crippen LogP contribution in [-0.4, -0.2) is 53.2 Å². The second kappa shape index (κ2) is 5.97. The highest BCUT2D eigenvalue weighted by molar-refractivity contribution is 5.92. The van der Waals surface area contributed by atoms with E-state index in [1.54, 1.807) is 17.4 Å². The molecule has 1 fully saturated rings. The van der Waals surface area contributed by atoms with E-state index in [0.29, 0.717) is 18.8 Å². The molecule has 1 aromatic rings. The molecule has 0 radical (unpaired) electrons. The molecule has 0 aliphatic carbocycles. The van der Waals surface area contributed by atoms with Gasteiger partial charge in [0.15, 0.2) is 0 Å². The average molecular weight is 252 g/mol. The largest absolute Gasteiger partial charge is 0.381 e. The van der Waals surface area contributed by atoms with Gasteiger partial charge in [0.2, 0.25) is 0 Å². The van der Waals surface area contributed by atoms with Crippen molar-refractivity contribution in [1.82, 2.24) is 14.5 Å². The minimum absolute atomic E-state index is 0.0299. The summed E-state index contributed by atoms with van der Waals surface area (Å²) in [7, 11) is 1.83. The lowest BCUT2D eigenvalue weighted by Gasteiger charge is -2.30. The van der Waals surface area contributed by atoms with Gasteiger partial charge in [0, 0.05) is 45.6 Å². The van der Waals surface area contributed by atoms with Crippen LogP contribution in [0.15, 0.2) is 12.5 Å². The van der Waals surface area contributed by atoms with E-state index < -0.39 is 0 Å². The van der Waals surface area contributed by atoms with E-state index in [1.807, 2.05) is 11.6 Å². The Morgan fingerprint density at radius 1 is 1.61 bits per heavy atom. The summed E-state index contributed by atoms with van der Waals surface area (Å²) in [5.74, 6) is -0.0299. The lowest BCUT2D eigenvalue weighted by Crippen LogP contribution is -2.40. The molecule has 18 heavy (non-hydrogen) atoms. The van der Waals surface area contributed by atoms with Crippen LogP contribution in [0.4, 0.5) is 0 Å². The van der Waals surface area contributed by atoms with Gasteiger partial charge in [0.05, 0.1) is 6.33 Å². The number of ether oxygens (including phenoxy) is 1. The fourth-order valence-electron chi connectivity index (χ4n) is 2.16. The highest BCUT2D eigenvalue weighted by Crippen LogP contribution is 2.15. The minimum Gasteiger partial charge on any atom is -0.381 e. The molecule has 1 aliphatic heterocycles. The maximum absolute atomic E-state index is 12.2. The highest BCUT2D eigenvalue weighted by atomic mass is 16.5. The van der Waals surface area contributed by atoms with Crippen molar-refractivity contribution in [2.45, 2.75) is 25.4 Å². The van der Waals surface area contributed by atoms with E-state index in [0.717, 1.165) is 26.1 Å². The molecular formula is C12H20N4O2. The molecule has 0 bridgehead atoms. The van der Waals surface area contributed by atoms with Gasteiger partial charge in [-0.2, -0.15) is 0 Å². The van der Waals surface area contributed by atoms with Crippen molar-refractivity contribution in [3.05, 3.63) is 18.2 Å². The van der Waals surface area contributed by atoms with Crippen molar-refractivity contribution < 1.29 is 9.53 Å². The van der Waals surface area contributed by atoms with Crippen LogP contribution in [0.3, 0.4) is 0 Å². The second-order valence-electron chi connectivity index (χ2n) is 4.55. The molecule has 0 unspecified atom stereocenters. The van der Waals surface area contributed by atoms with Crippen molar-refractivity contribution in [3.63, 3.8) is 0 Å². The van der Waals surface area contributed by atoms with Gasteiger partial charge in [-0.1, -0.05) is 0 Å². The van der Waals surface area contributed by atoms with Crippen LogP contribution in [0.1, 0.15) is 23.3 Å². The standard InChI is InChI=1S/C12H20N4O2/c1-15(10-2-6-18-7-3-10)12(17)11-8-16(5-4-13)9-14-11/h8-10H,2-7,13H2,1H3. The lowest BCUT2D eigenvalue weighted by atomic mass is 10.1. The van der Waals surface area contributed by atoms with Crippen molar-refractivity contribution in [3.8, 4) is 0 Å². The zero-order valence-electron chi connectivity index (χ0n) is 10.7. The predicted octanol–water partition coefficient (Wildman–Crippen LogP) is 0.0928. The van der Waals surface area contributed by atoms with Gasteiger partial charge in [-0.15, -0.1) is 0 Å². The summed E-state index contributed by atoms with van der Waals surface area (Å²) in [6, 6.07) is 0.255. The second-order valence-corrected chi connectivity index (χ2v) is 4.55. The Kier molecular flexibility index (Phi) is 4.33. The van der Waals surface area contributed by atoms with E-state index in [4.69, 9.17) is 10.5 Å². The predicted molar refractivity (Wildman–Crippen MR) is 67.2 cm³/mol. The molecule has 1 amide bonds. The maximum atomic E-state index is 12.2. The number of aromatic nitrogens is 2. The van der Waals surface area contributed by atoms with Crippen LogP contribution in [0.2, 0.25) is 0 Å². The number of hydrogen-bond donors (Lipinski definition) is 1.